The first kappa shape index (κ1) is 15.7. The number of hydrogen-bond acceptors (Lipinski definition) is 2. The average molecular weight is 303 g/mol. The Morgan fingerprint density at radius 3 is 2.14 bits per heavy atom. The molecule has 3 nitrogen and oxygen atoms in total. The highest BCUT2D eigenvalue weighted by Crippen LogP contribution is 2.16. The van der Waals surface area contributed by atoms with Gasteiger partial charge in [-0.05, 0) is 30.0 Å². The lowest BCUT2D eigenvalue weighted by Crippen LogP contribution is -2.28. The maximum Gasteiger partial charge on any atom is 0.216 e. The Balaban J connectivity index is 2.05. The Labute approximate surface area is 127 Å². The lowest BCUT2D eigenvalue weighted by atomic mass is 10.1. The summed E-state index contributed by atoms with van der Waals surface area (Å²) in [6.07, 6.45) is 0.981. The Morgan fingerprint density at radius 1 is 0.952 bits per heavy atom. The molecular weight excluding hydrogens is 282 g/mol. The normalized spacial score (nSPS) is 13.0. The standard InChI is InChI=1S/C17H21NO2S/c1-3-15-9-11-17(12-10-15)14(2)18-21(19,20)13-16-7-5-4-6-8-16/h4-12,14,18H,3,13H2,1-2H3. The van der Waals surface area contributed by atoms with Crippen LogP contribution in [0.5, 0.6) is 0 Å². The van der Waals surface area contributed by atoms with Crippen molar-refractivity contribution >= 4 is 10.0 Å². The van der Waals surface area contributed by atoms with Gasteiger partial charge in [-0.15, -0.1) is 0 Å². The third kappa shape index (κ3) is 4.69. The average Bonchev–Trinajstić information content (AvgIpc) is 2.47. The molecule has 0 aliphatic carbocycles. The van der Waals surface area contributed by atoms with Crippen LogP contribution >= 0.6 is 0 Å². The fraction of sp³-hybridized carbons (Fsp3) is 0.294. The molecule has 21 heavy (non-hydrogen) atoms. The minimum atomic E-state index is -3.35. The van der Waals surface area contributed by atoms with E-state index < -0.39 is 10.0 Å². The zero-order valence-corrected chi connectivity index (χ0v) is 13.2. The quantitative estimate of drug-likeness (QED) is 0.888. The zero-order valence-electron chi connectivity index (χ0n) is 12.4. The SMILES string of the molecule is CCc1ccc(C(C)NS(=O)(=O)Cc2ccccc2)cc1. The van der Waals surface area contributed by atoms with Crippen molar-refractivity contribution in [3.63, 3.8) is 0 Å². The van der Waals surface area contributed by atoms with E-state index in [9.17, 15) is 8.42 Å². The van der Waals surface area contributed by atoms with Gasteiger partial charge < -0.3 is 0 Å². The largest absolute Gasteiger partial charge is 0.216 e. The molecule has 4 heteroatoms. The summed E-state index contributed by atoms with van der Waals surface area (Å²) in [6.45, 7) is 3.96. The summed E-state index contributed by atoms with van der Waals surface area (Å²) in [7, 11) is -3.35. The molecule has 1 N–H and O–H groups in total. The summed E-state index contributed by atoms with van der Waals surface area (Å²) in [4.78, 5) is 0. The number of sulfonamides is 1. The first-order chi connectivity index (χ1) is 10.00. The van der Waals surface area contributed by atoms with Crippen LogP contribution in [0.3, 0.4) is 0 Å². The molecule has 2 rings (SSSR count). The van der Waals surface area contributed by atoms with E-state index >= 15 is 0 Å². The van der Waals surface area contributed by atoms with Gasteiger partial charge in [0.15, 0.2) is 0 Å². The van der Waals surface area contributed by atoms with Crippen LogP contribution in [0.4, 0.5) is 0 Å². The minimum Gasteiger partial charge on any atom is -0.212 e. The van der Waals surface area contributed by atoms with Crippen LogP contribution < -0.4 is 4.72 Å². The number of rotatable bonds is 6. The molecule has 0 aliphatic rings. The highest BCUT2D eigenvalue weighted by Gasteiger charge is 2.16. The molecule has 0 bridgehead atoms. The van der Waals surface area contributed by atoms with E-state index in [1.54, 1.807) is 0 Å². The van der Waals surface area contributed by atoms with Crippen molar-refractivity contribution in [1.29, 1.82) is 0 Å². The summed E-state index contributed by atoms with van der Waals surface area (Å²) < 4.78 is 27.1. The predicted octanol–water partition coefficient (Wildman–Crippen LogP) is 3.43. The Hall–Kier alpha value is -1.65. The summed E-state index contributed by atoms with van der Waals surface area (Å²) in [6, 6.07) is 17.0. The second kappa shape index (κ2) is 6.87. The van der Waals surface area contributed by atoms with Crippen molar-refractivity contribution in [3.05, 3.63) is 71.3 Å². The molecule has 0 saturated carbocycles. The van der Waals surface area contributed by atoms with Gasteiger partial charge in [0.25, 0.3) is 0 Å². The van der Waals surface area contributed by atoms with E-state index in [0.29, 0.717) is 0 Å². The predicted molar refractivity (Wildman–Crippen MR) is 86.4 cm³/mol. The second-order valence-electron chi connectivity index (χ2n) is 5.18. The van der Waals surface area contributed by atoms with Crippen LogP contribution in [-0.4, -0.2) is 8.42 Å². The Morgan fingerprint density at radius 2 is 1.57 bits per heavy atom. The molecular formula is C17H21NO2S. The molecule has 0 saturated heterocycles. The number of nitrogens with one attached hydrogen (secondary N) is 1. The van der Waals surface area contributed by atoms with Crippen molar-refractivity contribution in [1.82, 2.24) is 4.72 Å². The van der Waals surface area contributed by atoms with Gasteiger partial charge in [0.05, 0.1) is 5.75 Å². The molecule has 0 aromatic heterocycles. The molecule has 0 radical (unpaired) electrons. The van der Waals surface area contributed by atoms with Gasteiger partial charge in [0.1, 0.15) is 0 Å². The number of hydrogen-bond donors (Lipinski definition) is 1. The fourth-order valence-electron chi connectivity index (χ4n) is 2.21. The first-order valence-corrected chi connectivity index (χ1v) is 8.78. The van der Waals surface area contributed by atoms with Crippen molar-refractivity contribution < 1.29 is 8.42 Å². The molecule has 0 amide bonds. The molecule has 0 fully saturated rings. The molecule has 1 unspecified atom stereocenters. The molecule has 2 aromatic carbocycles. The van der Waals surface area contributed by atoms with Gasteiger partial charge in [-0.2, -0.15) is 0 Å². The van der Waals surface area contributed by atoms with Gasteiger partial charge in [-0.3, -0.25) is 0 Å². The van der Waals surface area contributed by atoms with Crippen LogP contribution in [0.2, 0.25) is 0 Å². The van der Waals surface area contributed by atoms with Crippen LogP contribution in [0.25, 0.3) is 0 Å². The fourth-order valence-corrected chi connectivity index (χ4v) is 3.60. The molecule has 0 heterocycles. The second-order valence-corrected chi connectivity index (χ2v) is 6.93. The maximum atomic E-state index is 12.2. The summed E-state index contributed by atoms with van der Waals surface area (Å²) >= 11 is 0. The van der Waals surface area contributed by atoms with Gasteiger partial charge in [-0.25, -0.2) is 13.1 Å². The van der Waals surface area contributed by atoms with Gasteiger partial charge in [0, 0.05) is 6.04 Å². The maximum absolute atomic E-state index is 12.2. The number of aryl methyl sites for hydroxylation is 1. The van der Waals surface area contributed by atoms with Gasteiger partial charge >= 0.3 is 0 Å². The van der Waals surface area contributed by atoms with Crippen molar-refractivity contribution in [3.8, 4) is 0 Å². The van der Waals surface area contributed by atoms with Crippen molar-refractivity contribution in [2.45, 2.75) is 32.1 Å². The highest BCUT2D eigenvalue weighted by molar-refractivity contribution is 7.88. The molecule has 1 atom stereocenters. The molecule has 0 aliphatic heterocycles. The van der Waals surface area contributed by atoms with E-state index in [0.717, 1.165) is 17.5 Å². The lowest BCUT2D eigenvalue weighted by molar-refractivity contribution is 0.566. The summed E-state index contributed by atoms with van der Waals surface area (Å²) in [5.41, 5.74) is 3.01. The highest BCUT2D eigenvalue weighted by atomic mass is 32.2. The van der Waals surface area contributed by atoms with Gasteiger partial charge in [0.2, 0.25) is 10.0 Å². The van der Waals surface area contributed by atoms with Crippen LogP contribution in [0.1, 0.15) is 36.6 Å². The minimum absolute atomic E-state index is 0.00518. The lowest BCUT2D eigenvalue weighted by Gasteiger charge is -2.15. The van der Waals surface area contributed by atoms with Crippen molar-refractivity contribution in [2.24, 2.45) is 0 Å². The molecule has 2 aromatic rings. The van der Waals surface area contributed by atoms with E-state index in [2.05, 4.69) is 11.6 Å². The van der Waals surface area contributed by atoms with E-state index in [-0.39, 0.29) is 11.8 Å². The van der Waals surface area contributed by atoms with Crippen LogP contribution in [-0.2, 0) is 22.2 Å². The smallest absolute Gasteiger partial charge is 0.212 e. The van der Waals surface area contributed by atoms with Crippen molar-refractivity contribution in [2.75, 3.05) is 0 Å². The third-order valence-corrected chi connectivity index (χ3v) is 4.87. The summed E-state index contributed by atoms with van der Waals surface area (Å²) in [5.74, 6) is 0.00518. The number of benzene rings is 2. The van der Waals surface area contributed by atoms with Crippen LogP contribution in [0, 0.1) is 0 Å². The molecule has 112 valence electrons. The van der Waals surface area contributed by atoms with Gasteiger partial charge in [-0.1, -0.05) is 61.5 Å². The van der Waals surface area contributed by atoms with E-state index in [1.165, 1.54) is 5.56 Å². The topological polar surface area (TPSA) is 46.2 Å². The Bertz CT molecular complexity index is 664. The molecule has 0 spiro atoms. The van der Waals surface area contributed by atoms with E-state index in [4.69, 9.17) is 0 Å². The third-order valence-electron chi connectivity index (χ3n) is 3.44. The first-order valence-electron chi connectivity index (χ1n) is 7.13. The summed E-state index contributed by atoms with van der Waals surface area (Å²) in [5, 5.41) is 0. The van der Waals surface area contributed by atoms with E-state index in [1.807, 2.05) is 61.5 Å². The zero-order chi connectivity index (χ0) is 15.3. The van der Waals surface area contributed by atoms with Crippen LogP contribution in [0.15, 0.2) is 54.6 Å². The Kier molecular flexibility index (Phi) is 5.15. The monoisotopic (exact) mass is 303 g/mol.